The number of para-hydroxylation sites is 2. The van der Waals surface area contributed by atoms with E-state index in [2.05, 4.69) is 20.7 Å². The molecule has 3 aromatic carbocycles. The van der Waals surface area contributed by atoms with Crippen molar-refractivity contribution in [3.05, 3.63) is 83.9 Å². The van der Waals surface area contributed by atoms with Crippen molar-refractivity contribution in [3.8, 4) is 5.75 Å². The van der Waals surface area contributed by atoms with E-state index >= 15 is 0 Å². The molecule has 0 aliphatic heterocycles. The second-order valence-corrected chi connectivity index (χ2v) is 6.82. The first-order valence-corrected chi connectivity index (χ1v) is 10.0. The van der Waals surface area contributed by atoms with Gasteiger partial charge in [-0.25, -0.2) is 0 Å². The van der Waals surface area contributed by atoms with Gasteiger partial charge in [0.15, 0.2) is 0 Å². The molecule has 3 rings (SSSR count). The number of halogens is 2. The summed E-state index contributed by atoms with van der Waals surface area (Å²) in [7, 11) is 0. The minimum atomic E-state index is -2.90. The smallest absolute Gasteiger partial charge is 0.387 e. The van der Waals surface area contributed by atoms with Gasteiger partial charge in [0.2, 0.25) is 5.91 Å². The van der Waals surface area contributed by atoms with Crippen molar-refractivity contribution in [2.24, 2.45) is 0 Å². The molecule has 0 atom stereocenters. The van der Waals surface area contributed by atoms with Crippen molar-refractivity contribution in [2.75, 3.05) is 17.2 Å². The number of ether oxygens (including phenoxy) is 1. The maximum atomic E-state index is 12.7. The van der Waals surface area contributed by atoms with E-state index in [4.69, 9.17) is 0 Å². The Hall–Kier alpha value is -3.94. The van der Waals surface area contributed by atoms with Gasteiger partial charge in [-0.05, 0) is 54.4 Å². The zero-order chi connectivity index (χ0) is 22.9. The van der Waals surface area contributed by atoms with Crippen LogP contribution in [0.5, 0.6) is 5.75 Å². The summed E-state index contributed by atoms with van der Waals surface area (Å²) >= 11 is 0. The van der Waals surface area contributed by atoms with Gasteiger partial charge in [-0.1, -0.05) is 37.3 Å². The van der Waals surface area contributed by atoms with Crippen LogP contribution in [-0.4, -0.2) is 25.0 Å². The molecule has 0 unspecified atom stereocenters. The van der Waals surface area contributed by atoms with Gasteiger partial charge in [0.05, 0.1) is 17.8 Å². The van der Waals surface area contributed by atoms with Crippen molar-refractivity contribution in [1.29, 1.82) is 0 Å². The van der Waals surface area contributed by atoms with Gasteiger partial charge in [-0.3, -0.25) is 9.59 Å². The second kappa shape index (κ2) is 10.9. The number of alkyl halides is 2. The number of amides is 2. The lowest BCUT2D eigenvalue weighted by molar-refractivity contribution is -0.115. The van der Waals surface area contributed by atoms with E-state index in [9.17, 15) is 18.4 Å². The number of nitrogens with one attached hydrogen (secondary N) is 3. The molecule has 166 valence electrons. The number of benzene rings is 3. The molecule has 32 heavy (non-hydrogen) atoms. The van der Waals surface area contributed by atoms with Crippen LogP contribution in [0.1, 0.15) is 22.8 Å². The summed E-state index contributed by atoms with van der Waals surface area (Å²) in [5.41, 5.74) is 3.15. The minimum Gasteiger partial charge on any atom is -0.435 e. The Bertz CT molecular complexity index is 1070. The van der Waals surface area contributed by atoms with E-state index < -0.39 is 12.5 Å². The normalized spacial score (nSPS) is 10.5. The van der Waals surface area contributed by atoms with E-state index in [0.717, 1.165) is 17.7 Å². The first kappa shape index (κ1) is 22.7. The van der Waals surface area contributed by atoms with E-state index in [1.165, 1.54) is 12.1 Å². The number of hydrogen-bond donors (Lipinski definition) is 3. The second-order valence-electron chi connectivity index (χ2n) is 6.82. The summed E-state index contributed by atoms with van der Waals surface area (Å²) in [6, 6.07) is 20.2. The molecular weight excluding hydrogens is 416 g/mol. The summed E-state index contributed by atoms with van der Waals surface area (Å²) in [5, 5.41) is 8.50. The average Bonchev–Trinajstić information content (AvgIpc) is 2.79. The van der Waals surface area contributed by atoms with Gasteiger partial charge in [0.1, 0.15) is 5.75 Å². The van der Waals surface area contributed by atoms with Crippen molar-refractivity contribution < 1.29 is 23.1 Å². The zero-order valence-corrected chi connectivity index (χ0v) is 17.4. The van der Waals surface area contributed by atoms with E-state index in [-0.39, 0.29) is 18.2 Å². The Morgan fingerprint density at radius 1 is 0.906 bits per heavy atom. The molecule has 0 radical (unpaired) electrons. The maximum absolute atomic E-state index is 12.7. The molecule has 0 bridgehead atoms. The van der Waals surface area contributed by atoms with Crippen molar-refractivity contribution in [3.63, 3.8) is 0 Å². The number of anilines is 3. The van der Waals surface area contributed by atoms with Crippen LogP contribution in [0.3, 0.4) is 0 Å². The molecule has 0 aromatic heterocycles. The van der Waals surface area contributed by atoms with E-state index in [0.29, 0.717) is 16.9 Å². The van der Waals surface area contributed by atoms with Crippen LogP contribution in [0, 0.1) is 0 Å². The van der Waals surface area contributed by atoms with Crippen LogP contribution in [-0.2, 0) is 11.2 Å². The fourth-order valence-corrected chi connectivity index (χ4v) is 3.07. The highest BCUT2D eigenvalue weighted by atomic mass is 19.3. The summed E-state index contributed by atoms with van der Waals surface area (Å²) in [4.78, 5) is 25.0. The average molecular weight is 439 g/mol. The molecule has 0 aliphatic rings. The van der Waals surface area contributed by atoms with Crippen LogP contribution in [0.4, 0.5) is 25.8 Å². The van der Waals surface area contributed by atoms with E-state index in [1.54, 1.807) is 36.4 Å². The first-order chi connectivity index (χ1) is 15.5. The summed E-state index contributed by atoms with van der Waals surface area (Å²) < 4.78 is 28.9. The summed E-state index contributed by atoms with van der Waals surface area (Å²) in [6.45, 7) is -1.09. The highest BCUT2D eigenvalue weighted by Crippen LogP contribution is 2.23. The lowest BCUT2D eigenvalue weighted by Crippen LogP contribution is -2.33. The molecular formula is C24H23F2N3O3. The molecule has 0 heterocycles. The van der Waals surface area contributed by atoms with Gasteiger partial charge in [-0.15, -0.1) is 0 Å². The van der Waals surface area contributed by atoms with Crippen LogP contribution in [0.15, 0.2) is 72.8 Å². The predicted octanol–water partition coefficient (Wildman–Crippen LogP) is 4.96. The van der Waals surface area contributed by atoms with E-state index in [1.807, 2.05) is 31.2 Å². The molecule has 6 nitrogen and oxygen atoms in total. The molecule has 0 spiro atoms. The van der Waals surface area contributed by atoms with Crippen molar-refractivity contribution >= 4 is 28.9 Å². The number of carbonyl (C=O) groups excluding carboxylic acids is 2. The van der Waals surface area contributed by atoms with Gasteiger partial charge in [0.25, 0.3) is 5.91 Å². The monoisotopic (exact) mass is 439 g/mol. The molecule has 3 N–H and O–H groups in total. The molecule has 8 heteroatoms. The summed E-state index contributed by atoms with van der Waals surface area (Å²) in [5.74, 6) is -0.726. The SMILES string of the molecule is CCc1ccccc1NC(=O)CNC(=O)c1ccccc1Nc1ccc(OC(F)F)cc1. The largest absolute Gasteiger partial charge is 0.435 e. The van der Waals surface area contributed by atoms with Gasteiger partial charge in [0, 0.05) is 11.4 Å². The zero-order valence-electron chi connectivity index (χ0n) is 17.4. The third-order valence-corrected chi connectivity index (χ3v) is 4.61. The Morgan fingerprint density at radius 2 is 1.56 bits per heavy atom. The Kier molecular flexibility index (Phi) is 7.75. The lowest BCUT2D eigenvalue weighted by Gasteiger charge is -2.13. The fraction of sp³-hybridized carbons (Fsp3) is 0.167. The Labute approximate surface area is 184 Å². The molecule has 0 aliphatic carbocycles. The number of rotatable bonds is 9. The third kappa shape index (κ3) is 6.28. The predicted molar refractivity (Wildman–Crippen MR) is 120 cm³/mol. The highest BCUT2D eigenvalue weighted by molar-refractivity contribution is 6.03. The lowest BCUT2D eigenvalue weighted by atomic mass is 10.1. The quantitative estimate of drug-likeness (QED) is 0.440. The Balaban J connectivity index is 1.62. The molecule has 2 amide bonds. The standard InChI is InChI=1S/C24H23F2N3O3/c1-2-16-7-3-5-9-20(16)29-22(30)15-27-23(31)19-8-4-6-10-21(19)28-17-11-13-18(14-12-17)32-24(25)26/h3-14,24,28H,2,15H2,1H3,(H,27,31)(H,29,30). The minimum absolute atomic E-state index is 0.0345. The molecule has 3 aromatic rings. The molecule has 0 saturated heterocycles. The fourth-order valence-electron chi connectivity index (χ4n) is 3.07. The van der Waals surface area contributed by atoms with Crippen LogP contribution in [0.25, 0.3) is 0 Å². The number of aryl methyl sites for hydroxylation is 1. The molecule has 0 saturated carbocycles. The molecule has 0 fully saturated rings. The number of carbonyl (C=O) groups is 2. The maximum Gasteiger partial charge on any atom is 0.387 e. The Morgan fingerprint density at radius 3 is 2.25 bits per heavy atom. The van der Waals surface area contributed by atoms with Gasteiger partial charge < -0.3 is 20.7 Å². The topological polar surface area (TPSA) is 79.5 Å². The van der Waals surface area contributed by atoms with Gasteiger partial charge >= 0.3 is 6.61 Å². The van der Waals surface area contributed by atoms with Crippen molar-refractivity contribution in [2.45, 2.75) is 20.0 Å². The summed E-state index contributed by atoms with van der Waals surface area (Å²) in [6.07, 6.45) is 0.775. The van der Waals surface area contributed by atoms with Crippen LogP contribution >= 0.6 is 0 Å². The van der Waals surface area contributed by atoms with Crippen LogP contribution < -0.4 is 20.7 Å². The first-order valence-electron chi connectivity index (χ1n) is 10.0. The van der Waals surface area contributed by atoms with Crippen molar-refractivity contribution in [1.82, 2.24) is 5.32 Å². The highest BCUT2D eigenvalue weighted by Gasteiger charge is 2.13. The third-order valence-electron chi connectivity index (χ3n) is 4.61. The van der Waals surface area contributed by atoms with Crippen LogP contribution in [0.2, 0.25) is 0 Å². The number of hydrogen-bond acceptors (Lipinski definition) is 4. The van der Waals surface area contributed by atoms with Gasteiger partial charge in [-0.2, -0.15) is 8.78 Å².